The maximum atomic E-state index is 14.4. The second kappa shape index (κ2) is 10.1. The lowest BCUT2D eigenvalue weighted by Crippen LogP contribution is -2.66. The standard InChI is InChI=1S/C26H25ClFN5O4/c1-14(2)15-6-4-5-7-17(15)26(12-33(13-26)22-9-8-20(24(35)36)31-32-22)25(37)30-21-11-19(28)18(27)10-16(21)23(34)29-3/h4-11,14H,12-13H2,1-3H3,(H,29,34)(H,30,37)(H,35,36). The molecule has 192 valence electrons. The van der Waals surface area contributed by atoms with E-state index in [1.807, 2.05) is 38.1 Å². The van der Waals surface area contributed by atoms with Crippen LogP contribution in [0.5, 0.6) is 0 Å². The van der Waals surface area contributed by atoms with Crippen LogP contribution in [0, 0.1) is 5.82 Å². The first-order chi connectivity index (χ1) is 17.6. The van der Waals surface area contributed by atoms with Gasteiger partial charge in [-0.2, -0.15) is 0 Å². The molecule has 3 N–H and O–H groups in total. The van der Waals surface area contributed by atoms with E-state index in [2.05, 4.69) is 20.8 Å². The lowest BCUT2D eigenvalue weighted by molar-refractivity contribution is -0.122. The number of halogens is 2. The highest BCUT2D eigenvalue weighted by Gasteiger charge is 2.52. The number of amides is 2. The summed E-state index contributed by atoms with van der Waals surface area (Å²) in [5.41, 5.74) is 0.537. The van der Waals surface area contributed by atoms with Crippen molar-refractivity contribution in [3.05, 3.63) is 81.8 Å². The van der Waals surface area contributed by atoms with Crippen LogP contribution in [0.3, 0.4) is 0 Å². The zero-order valence-corrected chi connectivity index (χ0v) is 21.1. The fraction of sp³-hybridized carbons (Fsp3) is 0.269. The number of carboxylic acid groups (broad SMARTS) is 1. The van der Waals surface area contributed by atoms with Crippen LogP contribution < -0.4 is 15.5 Å². The molecule has 0 aliphatic carbocycles. The van der Waals surface area contributed by atoms with Crippen molar-refractivity contribution in [1.82, 2.24) is 15.5 Å². The highest BCUT2D eigenvalue weighted by Crippen LogP contribution is 2.41. The monoisotopic (exact) mass is 525 g/mol. The molecule has 0 atom stereocenters. The molecule has 1 aliphatic heterocycles. The summed E-state index contributed by atoms with van der Waals surface area (Å²) in [5, 5.41) is 21.8. The minimum absolute atomic E-state index is 0.00305. The number of nitrogens with one attached hydrogen (secondary N) is 2. The number of aromatic nitrogens is 2. The Hall–Kier alpha value is -4.05. The Bertz CT molecular complexity index is 1370. The summed E-state index contributed by atoms with van der Waals surface area (Å²) in [7, 11) is 1.42. The first-order valence-electron chi connectivity index (χ1n) is 11.5. The number of rotatable bonds is 7. The molecule has 1 aliphatic rings. The van der Waals surface area contributed by atoms with E-state index in [9.17, 15) is 18.8 Å². The molecule has 9 nitrogen and oxygen atoms in total. The molecule has 2 aromatic carbocycles. The molecule has 2 amide bonds. The Balaban J connectivity index is 1.73. The van der Waals surface area contributed by atoms with Gasteiger partial charge in [0, 0.05) is 20.1 Å². The smallest absolute Gasteiger partial charge is 0.356 e. The lowest BCUT2D eigenvalue weighted by atomic mass is 9.69. The maximum absolute atomic E-state index is 14.4. The molecular formula is C26H25ClFN5O4. The van der Waals surface area contributed by atoms with E-state index in [0.29, 0.717) is 5.82 Å². The van der Waals surface area contributed by atoms with Crippen molar-refractivity contribution in [3.8, 4) is 0 Å². The minimum atomic E-state index is -1.19. The van der Waals surface area contributed by atoms with Crippen molar-refractivity contribution < 1.29 is 23.9 Å². The summed E-state index contributed by atoms with van der Waals surface area (Å²) in [4.78, 5) is 39.3. The Morgan fingerprint density at radius 3 is 2.41 bits per heavy atom. The molecule has 0 radical (unpaired) electrons. The van der Waals surface area contributed by atoms with E-state index in [1.165, 1.54) is 25.2 Å². The fourth-order valence-electron chi connectivity index (χ4n) is 4.46. The largest absolute Gasteiger partial charge is 0.476 e. The number of hydrogen-bond acceptors (Lipinski definition) is 6. The van der Waals surface area contributed by atoms with E-state index in [1.54, 1.807) is 4.90 Å². The first kappa shape index (κ1) is 26.0. The van der Waals surface area contributed by atoms with Crippen LogP contribution in [0.2, 0.25) is 5.02 Å². The number of benzene rings is 2. The molecule has 1 fully saturated rings. The van der Waals surface area contributed by atoms with Gasteiger partial charge in [0.25, 0.3) is 5.91 Å². The molecule has 37 heavy (non-hydrogen) atoms. The number of carboxylic acids is 1. The summed E-state index contributed by atoms with van der Waals surface area (Å²) in [6, 6.07) is 12.7. The fourth-order valence-corrected chi connectivity index (χ4v) is 4.63. The minimum Gasteiger partial charge on any atom is -0.476 e. The van der Waals surface area contributed by atoms with Gasteiger partial charge in [-0.3, -0.25) is 9.59 Å². The Morgan fingerprint density at radius 1 is 1.11 bits per heavy atom. The second-order valence-electron chi connectivity index (χ2n) is 9.11. The molecule has 0 spiro atoms. The van der Waals surface area contributed by atoms with Crippen molar-refractivity contribution in [2.75, 3.05) is 30.4 Å². The van der Waals surface area contributed by atoms with Crippen molar-refractivity contribution in [2.24, 2.45) is 0 Å². The summed E-state index contributed by atoms with van der Waals surface area (Å²) in [5.74, 6) is -2.40. The van der Waals surface area contributed by atoms with Crippen LogP contribution in [-0.2, 0) is 10.2 Å². The van der Waals surface area contributed by atoms with Crippen LogP contribution >= 0.6 is 11.6 Å². The Labute approximate surface area is 217 Å². The normalized spacial score (nSPS) is 14.2. The molecule has 2 heterocycles. The Kier molecular flexibility index (Phi) is 7.13. The van der Waals surface area contributed by atoms with Crippen LogP contribution in [0.15, 0.2) is 48.5 Å². The molecular weight excluding hydrogens is 501 g/mol. The average molecular weight is 526 g/mol. The van der Waals surface area contributed by atoms with E-state index in [0.717, 1.165) is 17.2 Å². The topological polar surface area (TPSA) is 125 Å². The highest BCUT2D eigenvalue weighted by molar-refractivity contribution is 6.31. The van der Waals surface area contributed by atoms with Gasteiger partial charge < -0.3 is 20.6 Å². The summed E-state index contributed by atoms with van der Waals surface area (Å²) in [6.07, 6.45) is 0. The second-order valence-corrected chi connectivity index (χ2v) is 9.51. The molecule has 0 saturated carbocycles. The molecule has 0 bridgehead atoms. The zero-order valence-electron chi connectivity index (χ0n) is 20.4. The molecule has 3 aromatic rings. The SMILES string of the molecule is CNC(=O)c1cc(Cl)c(F)cc1NC(=O)C1(c2ccccc2C(C)C)CN(c2ccc(C(=O)O)nn2)C1. The van der Waals surface area contributed by atoms with Gasteiger partial charge in [-0.1, -0.05) is 49.7 Å². The molecule has 11 heteroatoms. The summed E-state index contributed by atoms with van der Waals surface area (Å²) < 4.78 is 14.4. The van der Waals surface area contributed by atoms with E-state index in [4.69, 9.17) is 16.7 Å². The van der Waals surface area contributed by atoms with Gasteiger partial charge in [-0.15, -0.1) is 10.2 Å². The van der Waals surface area contributed by atoms with Crippen molar-refractivity contribution in [3.63, 3.8) is 0 Å². The van der Waals surface area contributed by atoms with Crippen molar-refractivity contribution >= 4 is 40.9 Å². The third-order valence-corrected chi connectivity index (χ3v) is 6.72. The molecule has 1 aromatic heterocycles. The van der Waals surface area contributed by atoms with Gasteiger partial charge in [0.15, 0.2) is 11.5 Å². The third-order valence-electron chi connectivity index (χ3n) is 6.43. The van der Waals surface area contributed by atoms with Crippen LogP contribution in [-0.4, -0.2) is 53.2 Å². The van der Waals surface area contributed by atoms with E-state index in [-0.39, 0.29) is 41.0 Å². The number of carbonyl (C=O) groups is 3. The molecule has 1 saturated heterocycles. The van der Waals surface area contributed by atoms with Crippen LogP contribution in [0.1, 0.15) is 51.7 Å². The predicted molar refractivity (Wildman–Crippen MR) is 137 cm³/mol. The number of carbonyl (C=O) groups excluding carboxylic acids is 2. The number of hydrogen-bond donors (Lipinski definition) is 3. The highest BCUT2D eigenvalue weighted by atomic mass is 35.5. The van der Waals surface area contributed by atoms with Crippen molar-refractivity contribution in [1.29, 1.82) is 0 Å². The maximum Gasteiger partial charge on any atom is 0.356 e. The van der Waals surface area contributed by atoms with Gasteiger partial charge >= 0.3 is 5.97 Å². The Morgan fingerprint density at radius 2 is 1.81 bits per heavy atom. The van der Waals surface area contributed by atoms with Gasteiger partial charge in [0.2, 0.25) is 5.91 Å². The lowest BCUT2D eigenvalue weighted by Gasteiger charge is -2.50. The van der Waals surface area contributed by atoms with Gasteiger partial charge in [0.1, 0.15) is 11.2 Å². The van der Waals surface area contributed by atoms with Gasteiger partial charge in [-0.25, -0.2) is 9.18 Å². The summed E-state index contributed by atoms with van der Waals surface area (Å²) >= 11 is 5.90. The molecule has 4 rings (SSSR count). The number of aromatic carboxylic acids is 1. The first-order valence-corrected chi connectivity index (χ1v) is 11.9. The summed E-state index contributed by atoms with van der Waals surface area (Å²) in [6.45, 7) is 4.45. The predicted octanol–water partition coefficient (Wildman–Crippen LogP) is 3.85. The average Bonchev–Trinajstić information content (AvgIpc) is 2.85. The van der Waals surface area contributed by atoms with Crippen LogP contribution in [0.4, 0.5) is 15.9 Å². The van der Waals surface area contributed by atoms with Crippen molar-refractivity contribution in [2.45, 2.75) is 25.2 Å². The zero-order chi connectivity index (χ0) is 26.9. The quantitative estimate of drug-likeness (QED) is 0.428. The van der Waals surface area contributed by atoms with Gasteiger partial charge in [0.05, 0.1) is 16.3 Å². The third kappa shape index (κ3) is 4.84. The van der Waals surface area contributed by atoms with Crippen LogP contribution in [0.25, 0.3) is 0 Å². The van der Waals surface area contributed by atoms with E-state index < -0.39 is 29.0 Å². The van der Waals surface area contributed by atoms with E-state index >= 15 is 0 Å². The number of nitrogens with zero attached hydrogens (tertiary/aromatic N) is 3. The number of anilines is 2. The molecule has 0 unspecified atom stereocenters. The van der Waals surface area contributed by atoms with Gasteiger partial charge in [-0.05, 0) is 41.3 Å².